The second-order valence-corrected chi connectivity index (χ2v) is 3.65. The fourth-order valence-corrected chi connectivity index (χ4v) is 1.80. The molecule has 0 radical (unpaired) electrons. The number of aryl methyl sites for hydroxylation is 1. The van der Waals surface area contributed by atoms with Crippen molar-refractivity contribution in [2.24, 2.45) is 0 Å². The molecule has 0 amide bonds. The molecular weight excluding hydrogens is 180 g/mol. The van der Waals surface area contributed by atoms with Crippen LogP contribution in [-0.4, -0.2) is 11.0 Å². The second-order valence-electron chi connectivity index (χ2n) is 3.65. The van der Waals surface area contributed by atoms with Crippen LogP contribution in [0, 0.1) is 10.1 Å². The highest BCUT2D eigenvalue weighted by Crippen LogP contribution is 2.33. The van der Waals surface area contributed by atoms with E-state index >= 15 is 0 Å². The smallest absolute Gasteiger partial charge is 0.292 e. The first-order valence-electron chi connectivity index (χ1n) is 4.71. The number of hydrogen-bond donors (Lipinski definition) is 1. The quantitative estimate of drug-likeness (QED) is 0.548. The van der Waals surface area contributed by atoms with Crippen LogP contribution < -0.4 is 5.32 Å². The van der Waals surface area contributed by atoms with Crippen molar-refractivity contribution in [2.75, 3.05) is 5.32 Å². The fraction of sp³-hybridized carbons (Fsp3) is 0.400. The van der Waals surface area contributed by atoms with E-state index in [0.717, 1.165) is 18.4 Å². The second kappa shape index (κ2) is 3.29. The van der Waals surface area contributed by atoms with Gasteiger partial charge in [-0.3, -0.25) is 10.1 Å². The molecule has 0 aliphatic carbocycles. The molecule has 2 rings (SSSR count). The van der Waals surface area contributed by atoms with Crippen LogP contribution in [0.25, 0.3) is 0 Å². The van der Waals surface area contributed by atoms with Gasteiger partial charge in [-0.05, 0) is 25.3 Å². The standard InChI is InChI=1S/C10H12N2O2/c1-7-5-6-8-3-2-4-9(12(13)14)10(8)11-7/h2-4,7,11H,5-6H2,1H3/t7-/m0/s1. The summed E-state index contributed by atoms with van der Waals surface area (Å²) >= 11 is 0. The molecular formula is C10H12N2O2. The molecule has 1 aromatic carbocycles. The Morgan fingerprint density at radius 2 is 2.36 bits per heavy atom. The highest BCUT2D eigenvalue weighted by molar-refractivity contribution is 5.67. The van der Waals surface area contributed by atoms with Gasteiger partial charge in [-0.25, -0.2) is 0 Å². The third kappa shape index (κ3) is 1.43. The fourth-order valence-electron chi connectivity index (χ4n) is 1.80. The lowest BCUT2D eigenvalue weighted by Gasteiger charge is -2.23. The van der Waals surface area contributed by atoms with E-state index in [-0.39, 0.29) is 10.6 Å². The minimum atomic E-state index is -0.329. The Bertz CT molecular complexity index is 376. The van der Waals surface area contributed by atoms with Crippen molar-refractivity contribution in [1.29, 1.82) is 0 Å². The highest BCUT2D eigenvalue weighted by atomic mass is 16.6. The zero-order chi connectivity index (χ0) is 10.1. The monoisotopic (exact) mass is 192 g/mol. The number of hydrogen-bond acceptors (Lipinski definition) is 3. The molecule has 0 fully saturated rings. The first-order chi connectivity index (χ1) is 6.68. The minimum Gasteiger partial charge on any atom is -0.377 e. The van der Waals surface area contributed by atoms with E-state index in [1.54, 1.807) is 12.1 Å². The molecule has 4 heteroatoms. The van der Waals surface area contributed by atoms with E-state index < -0.39 is 0 Å². The lowest BCUT2D eigenvalue weighted by molar-refractivity contribution is -0.384. The van der Waals surface area contributed by atoms with Crippen LogP contribution in [0.5, 0.6) is 0 Å². The molecule has 1 aliphatic rings. The summed E-state index contributed by atoms with van der Waals surface area (Å²) in [5.41, 5.74) is 1.95. The maximum atomic E-state index is 10.7. The number of nitrogens with zero attached hydrogens (tertiary/aromatic N) is 1. The van der Waals surface area contributed by atoms with Gasteiger partial charge >= 0.3 is 0 Å². The first-order valence-corrected chi connectivity index (χ1v) is 4.71. The van der Waals surface area contributed by atoms with Gasteiger partial charge in [0, 0.05) is 12.1 Å². The van der Waals surface area contributed by atoms with Crippen molar-refractivity contribution in [3.8, 4) is 0 Å². The number of anilines is 1. The Hall–Kier alpha value is -1.58. The van der Waals surface area contributed by atoms with Crippen LogP contribution in [0.4, 0.5) is 11.4 Å². The van der Waals surface area contributed by atoms with E-state index in [1.165, 1.54) is 0 Å². The molecule has 0 saturated heterocycles. The van der Waals surface area contributed by atoms with Crippen molar-refractivity contribution in [3.05, 3.63) is 33.9 Å². The van der Waals surface area contributed by atoms with Gasteiger partial charge in [0.1, 0.15) is 5.69 Å². The van der Waals surface area contributed by atoms with Gasteiger partial charge in [-0.15, -0.1) is 0 Å². The summed E-state index contributed by atoms with van der Waals surface area (Å²) in [6.45, 7) is 2.04. The Morgan fingerprint density at radius 1 is 1.57 bits per heavy atom. The number of nitrogens with one attached hydrogen (secondary N) is 1. The van der Waals surface area contributed by atoms with Gasteiger partial charge < -0.3 is 5.32 Å². The molecule has 0 bridgehead atoms. The summed E-state index contributed by atoms with van der Waals surface area (Å²) in [4.78, 5) is 10.4. The lowest BCUT2D eigenvalue weighted by atomic mass is 9.98. The zero-order valence-corrected chi connectivity index (χ0v) is 7.99. The molecule has 1 heterocycles. The molecule has 1 aliphatic heterocycles. The van der Waals surface area contributed by atoms with E-state index in [4.69, 9.17) is 0 Å². The van der Waals surface area contributed by atoms with Crippen LogP contribution in [0.1, 0.15) is 18.9 Å². The average Bonchev–Trinajstić information content (AvgIpc) is 2.16. The molecule has 1 atom stereocenters. The third-order valence-corrected chi connectivity index (χ3v) is 2.56. The van der Waals surface area contributed by atoms with Crippen molar-refractivity contribution < 1.29 is 4.92 Å². The molecule has 0 spiro atoms. The number of rotatable bonds is 1. The van der Waals surface area contributed by atoms with Crippen LogP contribution >= 0.6 is 0 Å². The van der Waals surface area contributed by atoms with Crippen LogP contribution in [0.3, 0.4) is 0 Å². The first kappa shape index (κ1) is 8.99. The Morgan fingerprint density at radius 3 is 3.07 bits per heavy atom. The third-order valence-electron chi connectivity index (χ3n) is 2.56. The van der Waals surface area contributed by atoms with Crippen molar-refractivity contribution in [3.63, 3.8) is 0 Å². The van der Waals surface area contributed by atoms with Gasteiger partial charge in [0.15, 0.2) is 0 Å². The summed E-state index contributed by atoms with van der Waals surface area (Å²) in [7, 11) is 0. The molecule has 74 valence electrons. The maximum Gasteiger partial charge on any atom is 0.292 e. The topological polar surface area (TPSA) is 55.2 Å². The van der Waals surface area contributed by atoms with Crippen LogP contribution in [0.2, 0.25) is 0 Å². The summed E-state index contributed by atoms with van der Waals surface area (Å²) in [6, 6.07) is 5.56. The molecule has 0 unspecified atom stereocenters. The molecule has 14 heavy (non-hydrogen) atoms. The molecule has 1 N–H and O–H groups in total. The van der Waals surface area contributed by atoms with E-state index in [2.05, 4.69) is 5.32 Å². The Labute approximate surface area is 82.1 Å². The van der Waals surface area contributed by atoms with Gasteiger partial charge in [0.25, 0.3) is 5.69 Å². The Kier molecular flexibility index (Phi) is 2.11. The van der Waals surface area contributed by atoms with Crippen LogP contribution in [-0.2, 0) is 6.42 Å². The van der Waals surface area contributed by atoms with Crippen molar-refractivity contribution >= 4 is 11.4 Å². The summed E-state index contributed by atoms with van der Waals surface area (Å²) < 4.78 is 0. The number of fused-ring (bicyclic) bond motifs is 1. The zero-order valence-electron chi connectivity index (χ0n) is 7.99. The van der Waals surface area contributed by atoms with Gasteiger partial charge in [0.05, 0.1) is 4.92 Å². The van der Waals surface area contributed by atoms with Crippen LogP contribution in [0.15, 0.2) is 18.2 Å². The average molecular weight is 192 g/mol. The normalized spacial score (nSPS) is 19.6. The van der Waals surface area contributed by atoms with E-state index in [1.807, 2.05) is 13.0 Å². The van der Waals surface area contributed by atoms with E-state index in [9.17, 15) is 10.1 Å². The number of nitro groups is 1. The molecule has 1 aromatic rings. The predicted molar refractivity (Wildman–Crippen MR) is 54.5 cm³/mol. The SMILES string of the molecule is C[C@H]1CCc2cccc([N+](=O)[O-])c2N1. The lowest BCUT2D eigenvalue weighted by Crippen LogP contribution is -2.22. The van der Waals surface area contributed by atoms with Crippen molar-refractivity contribution in [2.45, 2.75) is 25.8 Å². The summed E-state index contributed by atoms with van der Waals surface area (Å²) in [5.74, 6) is 0. The molecule has 0 aromatic heterocycles. The van der Waals surface area contributed by atoms with Gasteiger partial charge in [0.2, 0.25) is 0 Å². The maximum absolute atomic E-state index is 10.7. The largest absolute Gasteiger partial charge is 0.377 e. The number of para-hydroxylation sites is 1. The Balaban J connectivity index is 2.48. The summed E-state index contributed by atoms with van der Waals surface area (Å²) in [5, 5.41) is 13.9. The minimum absolute atomic E-state index is 0.189. The highest BCUT2D eigenvalue weighted by Gasteiger charge is 2.22. The number of nitro benzene ring substituents is 1. The number of benzene rings is 1. The van der Waals surface area contributed by atoms with Gasteiger partial charge in [-0.1, -0.05) is 12.1 Å². The van der Waals surface area contributed by atoms with Gasteiger partial charge in [-0.2, -0.15) is 0 Å². The molecule has 0 saturated carbocycles. The predicted octanol–water partition coefficient (Wildman–Crippen LogP) is 2.34. The van der Waals surface area contributed by atoms with Crippen molar-refractivity contribution in [1.82, 2.24) is 0 Å². The van der Waals surface area contributed by atoms with E-state index in [0.29, 0.717) is 11.7 Å². The summed E-state index contributed by atoms with van der Waals surface area (Å²) in [6.07, 6.45) is 1.96. The molecule has 4 nitrogen and oxygen atoms in total.